The number of halogens is 1. The van der Waals surface area contributed by atoms with Crippen molar-refractivity contribution in [3.05, 3.63) is 99.2 Å². The first-order valence-corrected chi connectivity index (χ1v) is 12.4. The van der Waals surface area contributed by atoms with Crippen molar-refractivity contribution in [3.63, 3.8) is 0 Å². The molecule has 0 radical (unpaired) electrons. The number of allylic oxidation sites excluding steroid dienone is 1. The lowest BCUT2D eigenvalue weighted by Crippen LogP contribution is -2.31. The largest absolute Gasteiger partial charge is 0.493 e. The number of rotatable bonds is 7. The first kappa shape index (κ1) is 24.5. The number of nitrogens with one attached hydrogen (secondary N) is 2. The average molecular weight is 561 g/mol. The van der Waals surface area contributed by atoms with E-state index in [1.807, 2.05) is 80.6 Å². The molecule has 1 aliphatic heterocycles. The Morgan fingerprint density at radius 2 is 1.92 bits per heavy atom. The Hall–Kier alpha value is -4.18. The molecular formula is C27H25BrN6O3. The number of aryl methyl sites for hydroxylation is 1. The lowest BCUT2D eigenvalue weighted by Gasteiger charge is -2.28. The van der Waals surface area contributed by atoms with E-state index < -0.39 is 6.04 Å². The quantitative estimate of drug-likeness (QED) is 0.317. The number of fused-ring (bicyclic) bond motifs is 1. The van der Waals surface area contributed by atoms with Crippen molar-refractivity contribution in [1.82, 2.24) is 20.2 Å². The number of hydrogen-bond acceptors (Lipinski definition) is 7. The van der Waals surface area contributed by atoms with Crippen molar-refractivity contribution in [2.75, 3.05) is 17.7 Å². The number of anilines is 2. The maximum absolute atomic E-state index is 13.6. The first-order valence-electron chi connectivity index (χ1n) is 11.6. The van der Waals surface area contributed by atoms with Crippen LogP contribution in [0.25, 0.3) is 0 Å². The Labute approximate surface area is 222 Å². The Morgan fingerprint density at radius 1 is 1.11 bits per heavy atom. The predicted molar refractivity (Wildman–Crippen MR) is 144 cm³/mol. The smallest absolute Gasteiger partial charge is 0.255 e. The van der Waals surface area contributed by atoms with E-state index in [2.05, 4.69) is 42.1 Å². The molecule has 0 saturated carbocycles. The van der Waals surface area contributed by atoms with Crippen LogP contribution in [-0.4, -0.2) is 33.2 Å². The molecule has 0 spiro atoms. The zero-order valence-electron chi connectivity index (χ0n) is 20.5. The Bertz CT molecular complexity index is 1480. The van der Waals surface area contributed by atoms with Gasteiger partial charge in [0.1, 0.15) is 12.6 Å². The van der Waals surface area contributed by atoms with Crippen molar-refractivity contribution >= 4 is 33.5 Å². The minimum absolute atomic E-state index is 0.263. The maximum atomic E-state index is 13.6. The van der Waals surface area contributed by atoms with Crippen molar-refractivity contribution in [2.24, 2.45) is 0 Å². The van der Waals surface area contributed by atoms with Gasteiger partial charge in [-0.2, -0.15) is 4.68 Å². The molecule has 3 aromatic carbocycles. The molecule has 188 valence electrons. The normalized spacial score (nSPS) is 14.5. The van der Waals surface area contributed by atoms with Gasteiger partial charge in [0.2, 0.25) is 5.95 Å². The van der Waals surface area contributed by atoms with Gasteiger partial charge in [-0.05, 0) is 81.2 Å². The number of methoxy groups -OCH3 is 1. The highest BCUT2D eigenvalue weighted by atomic mass is 79.9. The fourth-order valence-corrected chi connectivity index (χ4v) is 4.88. The Kier molecular flexibility index (Phi) is 6.91. The highest BCUT2D eigenvalue weighted by Gasteiger charge is 2.35. The molecule has 1 unspecified atom stereocenters. The third-order valence-electron chi connectivity index (χ3n) is 6.03. The summed E-state index contributed by atoms with van der Waals surface area (Å²) in [7, 11) is 1.58. The molecule has 37 heavy (non-hydrogen) atoms. The van der Waals surface area contributed by atoms with Gasteiger partial charge in [-0.1, -0.05) is 47.6 Å². The van der Waals surface area contributed by atoms with Crippen LogP contribution in [0.3, 0.4) is 0 Å². The Balaban J connectivity index is 1.52. The lowest BCUT2D eigenvalue weighted by molar-refractivity contribution is -0.113. The van der Waals surface area contributed by atoms with E-state index in [0.29, 0.717) is 45.5 Å². The number of ether oxygens (including phenoxy) is 2. The van der Waals surface area contributed by atoms with Gasteiger partial charge >= 0.3 is 0 Å². The standard InChI is InChI=1S/C27H25BrN6O3/c1-16-8-7-11-20(12-16)30-26(35)23-17(2)29-27-31-32-33-34(27)24(23)19-13-21(28)25(22(14-19)36-3)37-15-18-9-5-4-6-10-18/h4-14,24H,15H2,1-3H3,(H,30,35)(H,29,31,33). The van der Waals surface area contributed by atoms with E-state index in [1.165, 1.54) is 0 Å². The van der Waals surface area contributed by atoms with Crippen LogP contribution in [0.15, 0.2) is 82.5 Å². The molecule has 9 nitrogen and oxygen atoms in total. The van der Waals surface area contributed by atoms with Crippen LogP contribution < -0.4 is 20.1 Å². The number of amides is 1. The number of tetrazole rings is 1. The zero-order valence-corrected chi connectivity index (χ0v) is 22.1. The molecule has 0 bridgehead atoms. The molecular weight excluding hydrogens is 536 g/mol. The maximum Gasteiger partial charge on any atom is 0.255 e. The monoisotopic (exact) mass is 560 g/mol. The summed E-state index contributed by atoms with van der Waals surface area (Å²) in [5, 5.41) is 18.2. The van der Waals surface area contributed by atoms with Gasteiger partial charge in [0, 0.05) is 11.4 Å². The zero-order chi connectivity index (χ0) is 25.9. The van der Waals surface area contributed by atoms with Crippen molar-refractivity contribution in [2.45, 2.75) is 26.5 Å². The molecule has 1 atom stereocenters. The van der Waals surface area contributed by atoms with Gasteiger partial charge in [-0.3, -0.25) is 4.79 Å². The molecule has 1 aromatic heterocycles. The second-order valence-electron chi connectivity index (χ2n) is 8.65. The van der Waals surface area contributed by atoms with Crippen LogP contribution in [0, 0.1) is 6.92 Å². The van der Waals surface area contributed by atoms with Gasteiger partial charge in [0.25, 0.3) is 5.91 Å². The summed E-state index contributed by atoms with van der Waals surface area (Å²) in [5.74, 6) is 1.26. The van der Waals surface area contributed by atoms with Crippen molar-refractivity contribution < 1.29 is 14.3 Å². The number of nitrogens with zero attached hydrogens (tertiary/aromatic N) is 4. The molecule has 5 rings (SSSR count). The number of carbonyl (C=O) groups is 1. The highest BCUT2D eigenvalue weighted by Crippen LogP contribution is 2.43. The summed E-state index contributed by atoms with van der Waals surface area (Å²) in [6, 6.07) is 20.7. The highest BCUT2D eigenvalue weighted by molar-refractivity contribution is 9.10. The third-order valence-corrected chi connectivity index (χ3v) is 6.62. The van der Waals surface area contributed by atoms with E-state index in [9.17, 15) is 4.79 Å². The molecule has 1 amide bonds. The molecule has 0 aliphatic carbocycles. The lowest BCUT2D eigenvalue weighted by atomic mass is 9.94. The summed E-state index contributed by atoms with van der Waals surface area (Å²) in [4.78, 5) is 13.6. The molecule has 4 aromatic rings. The number of carbonyl (C=O) groups excluding carboxylic acids is 1. The van der Waals surface area contributed by atoms with Crippen LogP contribution in [0.2, 0.25) is 0 Å². The topological polar surface area (TPSA) is 103 Å². The average Bonchev–Trinajstić information content (AvgIpc) is 3.35. The second kappa shape index (κ2) is 10.4. The van der Waals surface area contributed by atoms with E-state index in [1.54, 1.807) is 11.8 Å². The van der Waals surface area contributed by atoms with E-state index in [-0.39, 0.29) is 5.91 Å². The third kappa shape index (κ3) is 5.05. The molecule has 0 saturated heterocycles. The minimum atomic E-state index is -0.607. The van der Waals surface area contributed by atoms with Gasteiger partial charge in [-0.25, -0.2) is 0 Å². The van der Waals surface area contributed by atoms with Crippen molar-refractivity contribution in [3.8, 4) is 11.5 Å². The first-order chi connectivity index (χ1) is 17.9. The summed E-state index contributed by atoms with van der Waals surface area (Å²) in [5.41, 5.74) is 4.66. The molecule has 1 aliphatic rings. The van der Waals surface area contributed by atoms with Gasteiger partial charge < -0.3 is 20.1 Å². The van der Waals surface area contributed by atoms with Crippen LogP contribution in [0.4, 0.5) is 11.6 Å². The van der Waals surface area contributed by atoms with Crippen molar-refractivity contribution in [1.29, 1.82) is 0 Å². The fraction of sp³-hybridized carbons (Fsp3) is 0.185. The fourth-order valence-electron chi connectivity index (χ4n) is 4.30. The molecule has 2 N–H and O–H groups in total. The minimum Gasteiger partial charge on any atom is -0.493 e. The number of aromatic nitrogens is 4. The summed E-state index contributed by atoms with van der Waals surface area (Å²) >= 11 is 3.65. The molecule has 2 heterocycles. The van der Waals surface area contributed by atoms with Crippen LogP contribution in [0.1, 0.15) is 29.7 Å². The van der Waals surface area contributed by atoms with Crippen LogP contribution >= 0.6 is 15.9 Å². The van der Waals surface area contributed by atoms with Gasteiger partial charge in [-0.15, -0.1) is 0 Å². The van der Waals surface area contributed by atoms with Gasteiger partial charge in [0.05, 0.1) is 17.2 Å². The molecule has 0 fully saturated rings. The predicted octanol–water partition coefficient (Wildman–Crippen LogP) is 5.26. The van der Waals surface area contributed by atoms with E-state index >= 15 is 0 Å². The number of benzene rings is 3. The Morgan fingerprint density at radius 3 is 2.68 bits per heavy atom. The van der Waals surface area contributed by atoms with E-state index in [0.717, 1.165) is 16.7 Å². The van der Waals surface area contributed by atoms with E-state index in [4.69, 9.17) is 9.47 Å². The van der Waals surface area contributed by atoms with Crippen LogP contribution in [-0.2, 0) is 11.4 Å². The van der Waals surface area contributed by atoms with Gasteiger partial charge in [0.15, 0.2) is 11.5 Å². The summed E-state index contributed by atoms with van der Waals surface area (Å²) < 4.78 is 14.1. The summed E-state index contributed by atoms with van der Waals surface area (Å²) in [6.07, 6.45) is 0. The van der Waals surface area contributed by atoms with Crippen LogP contribution in [0.5, 0.6) is 11.5 Å². The number of hydrogen-bond donors (Lipinski definition) is 2. The summed E-state index contributed by atoms with van der Waals surface area (Å²) in [6.45, 7) is 4.19. The second-order valence-corrected chi connectivity index (χ2v) is 9.50. The SMILES string of the molecule is COc1cc(C2C(C(=O)Nc3cccc(C)c3)=C(C)Nc3nnnn32)cc(Br)c1OCc1ccccc1. The molecule has 10 heteroatoms.